The number of aliphatic hydroxyl groups excluding tert-OH is 1. The van der Waals surface area contributed by atoms with Crippen molar-refractivity contribution in [3.8, 4) is 0 Å². The molecule has 22 heavy (non-hydrogen) atoms. The molecule has 3 rings (SSSR count). The number of H-pyrrole nitrogens is 1. The maximum absolute atomic E-state index is 9.15. The van der Waals surface area contributed by atoms with Crippen LogP contribution in [0.25, 0.3) is 5.57 Å². The molecule has 0 radical (unpaired) electrons. The van der Waals surface area contributed by atoms with Crippen molar-refractivity contribution in [2.75, 3.05) is 0 Å². The first-order valence-electron chi connectivity index (χ1n) is 7.01. The summed E-state index contributed by atoms with van der Waals surface area (Å²) in [6, 6.07) is 9.61. The lowest BCUT2D eigenvalue weighted by Gasteiger charge is -2.07. The molecule has 0 bridgehead atoms. The summed E-state index contributed by atoms with van der Waals surface area (Å²) in [4.78, 5) is 0. The second kappa shape index (κ2) is 6.76. The van der Waals surface area contributed by atoms with E-state index in [4.69, 9.17) is 9.84 Å². The molecule has 0 fully saturated rings. The number of allylic oxidation sites excluding steroid dienone is 4. The van der Waals surface area contributed by atoms with E-state index in [1.807, 2.05) is 48.6 Å². The Balaban J connectivity index is 1.69. The van der Waals surface area contributed by atoms with Crippen LogP contribution in [0, 0.1) is 0 Å². The first kappa shape index (κ1) is 14.1. The number of rotatable bonds is 5. The van der Waals surface area contributed by atoms with Crippen LogP contribution in [0.15, 0.2) is 72.3 Å². The molecule has 4 nitrogen and oxygen atoms in total. The zero-order chi connectivity index (χ0) is 15.2. The number of aromatic nitrogens is 2. The van der Waals surface area contributed by atoms with Gasteiger partial charge >= 0.3 is 0 Å². The minimum Gasteiger partial charge on any atom is -0.488 e. The van der Waals surface area contributed by atoms with Gasteiger partial charge in [0.25, 0.3) is 0 Å². The molecule has 0 amide bonds. The van der Waals surface area contributed by atoms with Crippen LogP contribution < -0.4 is 0 Å². The van der Waals surface area contributed by atoms with Crippen molar-refractivity contribution in [2.45, 2.75) is 13.2 Å². The lowest BCUT2D eigenvalue weighted by atomic mass is 10.1. The molecule has 1 aromatic heterocycles. The molecule has 0 aliphatic heterocycles. The Morgan fingerprint density at radius 1 is 1.14 bits per heavy atom. The van der Waals surface area contributed by atoms with Crippen LogP contribution in [0.2, 0.25) is 0 Å². The summed E-state index contributed by atoms with van der Waals surface area (Å²) in [5.41, 5.74) is 6.93. The van der Waals surface area contributed by atoms with Gasteiger partial charge in [-0.25, -0.2) is 0 Å². The molecule has 1 aliphatic rings. The molecule has 0 unspecified atom stereocenters. The Morgan fingerprint density at radius 3 is 2.86 bits per heavy atom. The first-order chi connectivity index (χ1) is 10.8. The third-order valence-electron chi connectivity index (χ3n) is 3.28. The zero-order valence-corrected chi connectivity index (χ0v) is 12.0. The fraction of sp³-hybridized carbons (Fsp3) is 0.111. The number of nitrogens with zero attached hydrogens (tertiary/aromatic N) is 1. The van der Waals surface area contributed by atoms with E-state index >= 15 is 0 Å². The number of hydrogen-bond donors (Lipinski definition) is 2. The third-order valence-corrected chi connectivity index (χ3v) is 3.28. The highest BCUT2D eigenvalue weighted by molar-refractivity contribution is 5.73. The van der Waals surface area contributed by atoms with Gasteiger partial charge in [-0.2, -0.15) is 5.10 Å². The van der Waals surface area contributed by atoms with E-state index in [0.717, 1.165) is 28.2 Å². The Hall–Kier alpha value is -2.81. The lowest BCUT2D eigenvalue weighted by molar-refractivity contribution is 0.211. The normalized spacial score (nSPS) is 13.5. The summed E-state index contributed by atoms with van der Waals surface area (Å²) in [6.07, 6.45) is 9.27. The van der Waals surface area contributed by atoms with Gasteiger partial charge in [0.15, 0.2) is 0 Å². The quantitative estimate of drug-likeness (QED) is 0.832. The van der Waals surface area contributed by atoms with Gasteiger partial charge in [-0.15, -0.1) is 5.73 Å². The van der Waals surface area contributed by atoms with Gasteiger partial charge in [0, 0.05) is 17.8 Å². The van der Waals surface area contributed by atoms with Gasteiger partial charge in [-0.1, -0.05) is 24.3 Å². The average molecular weight is 292 g/mol. The number of ether oxygens (including phenoxy) is 1. The lowest BCUT2D eigenvalue weighted by Crippen LogP contribution is -1.93. The monoisotopic (exact) mass is 292 g/mol. The first-order valence-corrected chi connectivity index (χ1v) is 7.01. The molecule has 110 valence electrons. The summed E-state index contributed by atoms with van der Waals surface area (Å²) in [6.45, 7) is 0.487. The molecule has 0 spiro atoms. The SMILES string of the molecule is OCc1cccc(COC2=CC=C(c3ccn[nH]3)C=C=C2)c1. The zero-order valence-electron chi connectivity index (χ0n) is 12.0. The fourth-order valence-electron chi connectivity index (χ4n) is 2.14. The summed E-state index contributed by atoms with van der Waals surface area (Å²) in [5, 5.41) is 16.0. The highest BCUT2D eigenvalue weighted by Gasteiger charge is 2.02. The van der Waals surface area contributed by atoms with Crippen molar-refractivity contribution < 1.29 is 9.84 Å². The van der Waals surface area contributed by atoms with Crippen LogP contribution in [0.3, 0.4) is 0 Å². The van der Waals surface area contributed by atoms with E-state index in [-0.39, 0.29) is 6.61 Å². The molecular weight excluding hydrogens is 276 g/mol. The van der Waals surface area contributed by atoms with Crippen molar-refractivity contribution in [1.82, 2.24) is 10.2 Å². The number of aromatic amines is 1. The minimum atomic E-state index is 0.0372. The highest BCUT2D eigenvalue weighted by Crippen LogP contribution is 2.17. The smallest absolute Gasteiger partial charge is 0.127 e. The van der Waals surface area contributed by atoms with Crippen molar-refractivity contribution in [2.24, 2.45) is 0 Å². The highest BCUT2D eigenvalue weighted by atomic mass is 16.5. The standard InChI is InChI=1S/C18H16N2O2/c21-12-14-3-1-4-15(11-14)13-22-17-6-2-5-16(7-8-17)18-9-10-19-20-18/h1,3-11,21H,12-13H2,(H,19,20). The van der Waals surface area contributed by atoms with Crippen LogP contribution in [0.4, 0.5) is 0 Å². The molecule has 0 atom stereocenters. The predicted molar refractivity (Wildman–Crippen MR) is 84.5 cm³/mol. The number of nitrogens with one attached hydrogen (secondary N) is 1. The number of benzene rings is 1. The van der Waals surface area contributed by atoms with Crippen LogP contribution in [0.1, 0.15) is 16.8 Å². The van der Waals surface area contributed by atoms with E-state index in [9.17, 15) is 0 Å². The van der Waals surface area contributed by atoms with Crippen molar-refractivity contribution in [3.05, 3.63) is 89.1 Å². The molecule has 1 aromatic carbocycles. The van der Waals surface area contributed by atoms with Gasteiger partial charge in [-0.3, -0.25) is 5.10 Å². The van der Waals surface area contributed by atoms with Gasteiger partial charge < -0.3 is 9.84 Å². The largest absolute Gasteiger partial charge is 0.488 e. The van der Waals surface area contributed by atoms with Crippen LogP contribution >= 0.6 is 0 Å². The second-order valence-corrected chi connectivity index (χ2v) is 4.88. The summed E-state index contributed by atoms with van der Waals surface area (Å²) < 4.78 is 5.79. The molecule has 1 heterocycles. The Labute approximate surface area is 128 Å². The second-order valence-electron chi connectivity index (χ2n) is 4.88. The molecule has 4 heteroatoms. The average Bonchev–Trinajstić information content (AvgIpc) is 2.99. The van der Waals surface area contributed by atoms with Crippen molar-refractivity contribution in [1.29, 1.82) is 0 Å². The summed E-state index contributed by atoms with van der Waals surface area (Å²) >= 11 is 0. The van der Waals surface area contributed by atoms with E-state index in [0.29, 0.717) is 6.61 Å². The summed E-state index contributed by atoms with van der Waals surface area (Å²) in [5.74, 6) is 0.736. The molecule has 2 N–H and O–H groups in total. The van der Waals surface area contributed by atoms with E-state index in [2.05, 4.69) is 15.9 Å². The Kier molecular flexibility index (Phi) is 4.35. The van der Waals surface area contributed by atoms with Crippen LogP contribution in [-0.4, -0.2) is 15.3 Å². The Bertz CT molecular complexity index is 764. The van der Waals surface area contributed by atoms with E-state index in [1.165, 1.54) is 0 Å². The Morgan fingerprint density at radius 2 is 2.05 bits per heavy atom. The predicted octanol–water partition coefficient (Wildman–Crippen LogP) is 3.11. The fourth-order valence-corrected chi connectivity index (χ4v) is 2.14. The van der Waals surface area contributed by atoms with Crippen molar-refractivity contribution in [3.63, 3.8) is 0 Å². The van der Waals surface area contributed by atoms with Crippen LogP contribution in [0.5, 0.6) is 0 Å². The van der Waals surface area contributed by atoms with Crippen molar-refractivity contribution >= 4 is 5.57 Å². The third kappa shape index (κ3) is 3.44. The van der Waals surface area contributed by atoms with Gasteiger partial charge in [0.05, 0.1) is 12.3 Å². The number of aliphatic hydroxyl groups is 1. The van der Waals surface area contributed by atoms with Gasteiger partial charge in [0.2, 0.25) is 0 Å². The molecule has 2 aromatic rings. The van der Waals surface area contributed by atoms with E-state index in [1.54, 1.807) is 12.3 Å². The number of hydrogen-bond acceptors (Lipinski definition) is 3. The molecular formula is C18H16N2O2. The van der Waals surface area contributed by atoms with Gasteiger partial charge in [0.1, 0.15) is 12.4 Å². The minimum absolute atomic E-state index is 0.0372. The molecule has 0 saturated heterocycles. The maximum atomic E-state index is 9.15. The van der Waals surface area contributed by atoms with E-state index < -0.39 is 0 Å². The maximum Gasteiger partial charge on any atom is 0.127 e. The topological polar surface area (TPSA) is 58.1 Å². The van der Waals surface area contributed by atoms with Gasteiger partial charge in [-0.05, 0) is 35.4 Å². The summed E-state index contributed by atoms with van der Waals surface area (Å²) in [7, 11) is 0. The van der Waals surface area contributed by atoms with Crippen LogP contribution in [-0.2, 0) is 18.0 Å². The molecule has 0 saturated carbocycles. The molecule has 1 aliphatic carbocycles.